The van der Waals surface area contributed by atoms with Crippen LogP contribution in [0.2, 0.25) is 0 Å². The maximum Gasteiger partial charge on any atom is 0.225 e. The van der Waals surface area contributed by atoms with E-state index in [9.17, 15) is 23.1 Å². The van der Waals surface area contributed by atoms with Gasteiger partial charge < -0.3 is 10.4 Å². The number of hydrogen-bond acceptors (Lipinski definition) is 3. The Bertz CT molecular complexity index is 751. The average molecular weight is 341 g/mol. The topological polar surface area (TPSA) is 67.2 Å². The van der Waals surface area contributed by atoms with Crippen LogP contribution in [0.15, 0.2) is 12.1 Å². The van der Waals surface area contributed by atoms with Crippen molar-refractivity contribution in [1.82, 2.24) is 15.1 Å². The van der Waals surface area contributed by atoms with Crippen LogP contribution in [0.4, 0.5) is 13.2 Å². The standard InChI is InChI=1S/C16H18F3N3O2/c1-8-11(9(2)22(3)21-8)6-15(24)20-14(7-23)10-4-12(17)16(19)13(18)5-10/h4-5,14,23H,6-7H2,1-3H3,(H,20,24). The summed E-state index contributed by atoms with van der Waals surface area (Å²) < 4.78 is 41.3. The van der Waals surface area contributed by atoms with Crippen LogP contribution in [0.1, 0.15) is 28.6 Å². The van der Waals surface area contributed by atoms with Gasteiger partial charge in [0, 0.05) is 18.3 Å². The van der Waals surface area contributed by atoms with Crippen LogP contribution in [0, 0.1) is 31.3 Å². The SMILES string of the molecule is Cc1nn(C)c(C)c1CC(=O)NC(CO)c1cc(F)c(F)c(F)c1. The molecule has 0 aliphatic carbocycles. The third-order valence-electron chi connectivity index (χ3n) is 3.92. The van der Waals surface area contributed by atoms with E-state index in [-0.39, 0.29) is 12.0 Å². The van der Waals surface area contributed by atoms with Crippen molar-refractivity contribution in [3.8, 4) is 0 Å². The summed E-state index contributed by atoms with van der Waals surface area (Å²) in [6.07, 6.45) is 0.00810. The zero-order valence-electron chi connectivity index (χ0n) is 13.5. The number of nitrogens with zero attached hydrogens (tertiary/aromatic N) is 2. The summed E-state index contributed by atoms with van der Waals surface area (Å²) in [6, 6.07) is 0.458. The van der Waals surface area contributed by atoms with Gasteiger partial charge in [-0.1, -0.05) is 0 Å². The summed E-state index contributed by atoms with van der Waals surface area (Å²) in [5.74, 6) is -4.80. The summed E-state index contributed by atoms with van der Waals surface area (Å²) in [5.41, 5.74) is 2.21. The van der Waals surface area contributed by atoms with Crippen molar-refractivity contribution in [3.05, 3.63) is 52.1 Å². The van der Waals surface area contributed by atoms with Gasteiger partial charge in [0.25, 0.3) is 0 Å². The zero-order chi connectivity index (χ0) is 18.0. The summed E-state index contributed by atoms with van der Waals surface area (Å²) >= 11 is 0. The number of hydrogen-bond donors (Lipinski definition) is 2. The van der Waals surface area contributed by atoms with Crippen molar-refractivity contribution in [2.75, 3.05) is 6.61 Å². The van der Waals surface area contributed by atoms with E-state index >= 15 is 0 Å². The summed E-state index contributed by atoms with van der Waals surface area (Å²) in [4.78, 5) is 12.2. The molecule has 2 rings (SSSR count). The number of aliphatic hydroxyl groups is 1. The molecule has 5 nitrogen and oxygen atoms in total. The van der Waals surface area contributed by atoms with E-state index in [0.29, 0.717) is 5.69 Å². The fraction of sp³-hybridized carbons (Fsp3) is 0.375. The Morgan fingerprint density at radius 3 is 2.33 bits per heavy atom. The fourth-order valence-electron chi connectivity index (χ4n) is 2.49. The molecule has 0 saturated carbocycles. The minimum absolute atomic E-state index is 0.00810. The monoisotopic (exact) mass is 341 g/mol. The quantitative estimate of drug-likeness (QED) is 0.816. The third-order valence-corrected chi connectivity index (χ3v) is 3.92. The van der Waals surface area contributed by atoms with Crippen LogP contribution >= 0.6 is 0 Å². The van der Waals surface area contributed by atoms with Gasteiger partial charge >= 0.3 is 0 Å². The second-order valence-corrected chi connectivity index (χ2v) is 5.55. The molecule has 0 radical (unpaired) electrons. The van der Waals surface area contributed by atoms with Gasteiger partial charge in [0.15, 0.2) is 17.5 Å². The molecule has 1 amide bonds. The van der Waals surface area contributed by atoms with Crippen LogP contribution in [0.5, 0.6) is 0 Å². The lowest BCUT2D eigenvalue weighted by molar-refractivity contribution is -0.121. The molecule has 0 spiro atoms. The number of aliphatic hydroxyl groups excluding tert-OH is 1. The van der Waals surface area contributed by atoms with Crippen molar-refractivity contribution in [1.29, 1.82) is 0 Å². The largest absolute Gasteiger partial charge is 0.394 e. The van der Waals surface area contributed by atoms with Gasteiger partial charge in [-0.3, -0.25) is 9.48 Å². The molecule has 1 atom stereocenters. The van der Waals surface area contributed by atoms with Crippen LogP contribution < -0.4 is 5.32 Å². The first-order valence-corrected chi connectivity index (χ1v) is 7.28. The Balaban J connectivity index is 2.17. The number of carbonyl (C=O) groups is 1. The first-order valence-electron chi connectivity index (χ1n) is 7.28. The van der Waals surface area contributed by atoms with E-state index < -0.39 is 36.0 Å². The van der Waals surface area contributed by atoms with Crippen molar-refractivity contribution < 1.29 is 23.1 Å². The highest BCUT2D eigenvalue weighted by Gasteiger charge is 2.20. The zero-order valence-corrected chi connectivity index (χ0v) is 13.5. The smallest absolute Gasteiger partial charge is 0.225 e. The Labute approximate surface area is 137 Å². The van der Waals surface area contributed by atoms with Crippen molar-refractivity contribution in [3.63, 3.8) is 0 Å². The number of nitrogens with one attached hydrogen (secondary N) is 1. The molecule has 1 aromatic heterocycles. The molecule has 1 aromatic carbocycles. The highest BCUT2D eigenvalue weighted by molar-refractivity contribution is 5.79. The van der Waals surface area contributed by atoms with Crippen LogP contribution in [-0.4, -0.2) is 27.4 Å². The normalized spacial score (nSPS) is 12.3. The Kier molecular flexibility index (Phi) is 5.28. The molecule has 1 unspecified atom stereocenters. The van der Waals surface area contributed by atoms with E-state index in [1.54, 1.807) is 18.7 Å². The minimum Gasteiger partial charge on any atom is -0.394 e. The third kappa shape index (κ3) is 3.59. The molecule has 2 aromatic rings. The molecular weight excluding hydrogens is 323 g/mol. The predicted octanol–water partition coefficient (Wildman–Crippen LogP) is 1.85. The van der Waals surface area contributed by atoms with E-state index in [2.05, 4.69) is 10.4 Å². The van der Waals surface area contributed by atoms with E-state index in [0.717, 1.165) is 23.4 Å². The van der Waals surface area contributed by atoms with Gasteiger partial charge in [0.1, 0.15) is 0 Å². The van der Waals surface area contributed by atoms with E-state index in [4.69, 9.17) is 0 Å². The van der Waals surface area contributed by atoms with Crippen LogP contribution in [-0.2, 0) is 18.3 Å². The lowest BCUT2D eigenvalue weighted by atomic mass is 10.1. The lowest BCUT2D eigenvalue weighted by Gasteiger charge is -2.17. The molecule has 2 N–H and O–H groups in total. The molecular formula is C16H18F3N3O2. The van der Waals surface area contributed by atoms with Gasteiger partial charge in [-0.25, -0.2) is 13.2 Å². The van der Waals surface area contributed by atoms with Gasteiger partial charge in [-0.15, -0.1) is 0 Å². The predicted molar refractivity (Wildman–Crippen MR) is 80.7 cm³/mol. The Morgan fingerprint density at radius 2 is 1.88 bits per heavy atom. The first kappa shape index (κ1) is 18.0. The second kappa shape index (κ2) is 7.04. The highest BCUT2D eigenvalue weighted by Crippen LogP contribution is 2.20. The van der Waals surface area contributed by atoms with Crippen molar-refractivity contribution in [2.24, 2.45) is 7.05 Å². The number of rotatable bonds is 5. The summed E-state index contributed by atoms with van der Waals surface area (Å²) in [5, 5.41) is 16.1. The van der Waals surface area contributed by atoms with Gasteiger partial charge in [-0.05, 0) is 31.5 Å². The second-order valence-electron chi connectivity index (χ2n) is 5.55. The molecule has 0 fully saturated rings. The van der Waals surface area contributed by atoms with Crippen molar-refractivity contribution in [2.45, 2.75) is 26.3 Å². The van der Waals surface area contributed by atoms with E-state index in [1.165, 1.54) is 0 Å². The van der Waals surface area contributed by atoms with E-state index in [1.807, 2.05) is 6.92 Å². The first-order chi connectivity index (χ1) is 11.2. The van der Waals surface area contributed by atoms with Gasteiger partial charge in [-0.2, -0.15) is 5.10 Å². The molecule has 1 heterocycles. The molecule has 0 aliphatic heterocycles. The number of amides is 1. The highest BCUT2D eigenvalue weighted by atomic mass is 19.2. The number of carbonyl (C=O) groups excluding carboxylic acids is 1. The number of benzene rings is 1. The molecule has 0 saturated heterocycles. The lowest BCUT2D eigenvalue weighted by Crippen LogP contribution is -2.32. The molecule has 130 valence electrons. The fourth-order valence-corrected chi connectivity index (χ4v) is 2.49. The Hall–Kier alpha value is -2.35. The number of aryl methyl sites for hydroxylation is 2. The molecule has 0 bridgehead atoms. The Morgan fingerprint density at radius 1 is 1.29 bits per heavy atom. The van der Waals surface area contributed by atoms with Gasteiger partial charge in [0.2, 0.25) is 5.91 Å². The number of aromatic nitrogens is 2. The van der Waals surface area contributed by atoms with Crippen LogP contribution in [0.3, 0.4) is 0 Å². The maximum absolute atomic E-state index is 13.3. The van der Waals surface area contributed by atoms with Gasteiger partial charge in [0.05, 0.1) is 24.8 Å². The molecule has 0 aliphatic rings. The molecule has 24 heavy (non-hydrogen) atoms. The summed E-state index contributed by atoms with van der Waals surface area (Å²) in [7, 11) is 1.75. The number of halogens is 3. The van der Waals surface area contributed by atoms with Crippen LogP contribution in [0.25, 0.3) is 0 Å². The van der Waals surface area contributed by atoms with Crippen molar-refractivity contribution >= 4 is 5.91 Å². The minimum atomic E-state index is -1.59. The average Bonchev–Trinajstić information content (AvgIpc) is 2.76. The molecule has 8 heteroatoms. The summed E-state index contributed by atoms with van der Waals surface area (Å²) in [6.45, 7) is 3.00. The maximum atomic E-state index is 13.3.